The zero-order chi connectivity index (χ0) is 20.8. The number of benzene rings is 2. The van der Waals surface area contributed by atoms with Gasteiger partial charge in [-0.1, -0.05) is 12.1 Å². The van der Waals surface area contributed by atoms with Crippen molar-refractivity contribution in [1.82, 2.24) is 5.32 Å². The van der Waals surface area contributed by atoms with Crippen LogP contribution in [-0.4, -0.2) is 40.4 Å². The summed E-state index contributed by atoms with van der Waals surface area (Å²) in [5.74, 6) is 1.26. The molecule has 2 aromatic carbocycles. The van der Waals surface area contributed by atoms with Crippen LogP contribution in [0.15, 0.2) is 53.2 Å². The van der Waals surface area contributed by atoms with E-state index < -0.39 is 0 Å². The van der Waals surface area contributed by atoms with Gasteiger partial charge in [-0.2, -0.15) is 0 Å². The normalized spacial score (nSPS) is 11.5. The predicted molar refractivity (Wildman–Crippen MR) is 113 cm³/mol. The number of carbonyl (C=O) groups excluding carboxylic acids is 1. The van der Waals surface area contributed by atoms with Crippen molar-refractivity contribution in [3.8, 4) is 22.6 Å². The minimum absolute atomic E-state index is 0.177. The zero-order valence-corrected chi connectivity index (χ0v) is 17.1. The van der Waals surface area contributed by atoms with E-state index >= 15 is 0 Å². The topological polar surface area (TPSA) is 69.9 Å². The van der Waals surface area contributed by atoms with Gasteiger partial charge < -0.3 is 23.9 Å². The third-order valence-electron chi connectivity index (χ3n) is 4.67. The standard InChI is InChI=1S/C23H25NO5/c1-15(11-23(25)24-9-10-26-2)18-12-19-20(14-29-22(19)13-21(18)28-4)16-5-7-17(27-3)8-6-16/h5-8,11-14H,9-10H2,1-4H3,(H,24,25)/b15-11+. The van der Waals surface area contributed by atoms with Crippen LogP contribution >= 0.6 is 0 Å². The molecule has 6 nitrogen and oxygen atoms in total. The summed E-state index contributed by atoms with van der Waals surface area (Å²) >= 11 is 0. The van der Waals surface area contributed by atoms with Gasteiger partial charge in [-0.05, 0) is 36.3 Å². The van der Waals surface area contributed by atoms with Crippen molar-refractivity contribution in [1.29, 1.82) is 0 Å². The van der Waals surface area contributed by atoms with E-state index in [4.69, 9.17) is 18.6 Å². The van der Waals surface area contributed by atoms with Gasteiger partial charge in [-0.3, -0.25) is 4.79 Å². The van der Waals surface area contributed by atoms with E-state index in [0.29, 0.717) is 24.5 Å². The number of furan rings is 1. The summed E-state index contributed by atoms with van der Waals surface area (Å²) in [6.45, 7) is 2.81. The highest BCUT2D eigenvalue weighted by Crippen LogP contribution is 2.37. The molecule has 1 N–H and O–H groups in total. The van der Waals surface area contributed by atoms with E-state index in [1.807, 2.05) is 43.3 Å². The van der Waals surface area contributed by atoms with Crippen molar-refractivity contribution >= 4 is 22.4 Å². The maximum Gasteiger partial charge on any atom is 0.244 e. The molecule has 1 heterocycles. The van der Waals surface area contributed by atoms with Crippen LogP contribution in [0.1, 0.15) is 12.5 Å². The lowest BCUT2D eigenvalue weighted by molar-refractivity contribution is -0.116. The van der Waals surface area contributed by atoms with Gasteiger partial charge in [0.05, 0.1) is 27.1 Å². The Labute approximate surface area is 170 Å². The van der Waals surface area contributed by atoms with Crippen molar-refractivity contribution in [2.24, 2.45) is 0 Å². The first kappa shape index (κ1) is 20.5. The van der Waals surface area contributed by atoms with Crippen molar-refractivity contribution in [3.05, 3.63) is 54.3 Å². The summed E-state index contributed by atoms with van der Waals surface area (Å²) < 4.78 is 21.5. The monoisotopic (exact) mass is 395 g/mol. The lowest BCUT2D eigenvalue weighted by atomic mass is 9.99. The summed E-state index contributed by atoms with van der Waals surface area (Å²) in [5, 5.41) is 3.73. The van der Waals surface area contributed by atoms with E-state index in [0.717, 1.165) is 33.4 Å². The summed E-state index contributed by atoms with van der Waals surface area (Å²) in [6, 6.07) is 11.6. The number of hydrogen-bond donors (Lipinski definition) is 1. The van der Waals surface area contributed by atoms with Crippen LogP contribution in [0.4, 0.5) is 0 Å². The Bertz CT molecular complexity index is 1020. The van der Waals surface area contributed by atoms with Gasteiger partial charge in [0, 0.05) is 42.3 Å². The number of ether oxygens (including phenoxy) is 3. The Morgan fingerprint density at radius 1 is 1.10 bits per heavy atom. The molecular formula is C23H25NO5. The minimum Gasteiger partial charge on any atom is -0.497 e. The van der Waals surface area contributed by atoms with Crippen LogP contribution in [0, 0.1) is 0 Å². The molecule has 6 heteroatoms. The van der Waals surface area contributed by atoms with Crippen LogP contribution in [-0.2, 0) is 9.53 Å². The third-order valence-corrected chi connectivity index (χ3v) is 4.67. The Morgan fingerprint density at radius 3 is 2.52 bits per heavy atom. The molecule has 3 aromatic rings. The highest BCUT2D eigenvalue weighted by Gasteiger charge is 2.15. The van der Waals surface area contributed by atoms with Gasteiger partial charge in [0.15, 0.2) is 0 Å². The largest absolute Gasteiger partial charge is 0.497 e. The first-order valence-electron chi connectivity index (χ1n) is 9.26. The minimum atomic E-state index is -0.177. The fourth-order valence-corrected chi connectivity index (χ4v) is 3.13. The Hall–Kier alpha value is -3.25. The number of allylic oxidation sites excluding steroid dienone is 1. The van der Waals surface area contributed by atoms with Crippen LogP contribution in [0.25, 0.3) is 27.7 Å². The van der Waals surface area contributed by atoms with E-state index in [2.05, 4.69) is 5.32 Å². The highest BCUT2D eigenvalue weighted by molar-refractivity contribution is 6.00. The van der Waals surface area contributed by atoms with Crippen LogP contribution in [0.5, 0.6) is 11.5 Å². The molecular weight excluding hydrogens is 370 g/mol. The molecule has 1 aromatic heterocycles. The maximum absolute atomic E-state index is 12.1. The molecule has 0 aliphatic heterocycles. The van der Waals surface area contributed by atoms with Crippen LogP contribution in [0.3, 0.4) is 0 Å². The first-order valence-corrected chi connectivity index (χ1v) is 9.26. The van der Waals surface area contributed by atoms with Gasteiger partial charge in [0.25, 0.3) is 0 Å². The second-order valence-electron chi connectivity index (χ2n) is 6.54. The third kappa shape index (κ3) is 4.60. The summed E-state index contributed by atoms with van der Waals surface area (Å²) in [4.78, 5) is 12.1. The average Bonchev–Trinajstić information content (AvgIpc) is 3.15. The molecule has 0 saturated heterocycles. The fourth-order valence-electron chi connectivity index (χ4n) is 3.13. The Morgan fingerprint density at radius 2 is 1.86 bits per heavy atom. The summed E-state index contributed by atoms with van der Waals surface area (Å²) in [5.41, 5.74) is 4.32. The smallest absolute Gasteiger partial charge is 0.244 e. The van der Waals surface area contributed by atoms with Crippen molar-refractivity contribution in [2.45, 2.75) is 6.92 Å². The molecule has 29 heavy (non-hydrogen) atoms. The SMILES string of the molecule is COCCNC(=O)/C=C(\C)c1cc2c(-c3ccc(OC)cc3)coc2cc1OC. The first-order chi connectivity index (χ1) is 14.1. The molecule has 152 valence electrons. The zero-order valence-electron chi connectivity index (χ0n) is 17.1. The van der Waals surface area contributed by atoms with Gasteiger partial charge in [0.1, 0.15) is 17.1 Å². The van der Waals surface area contributed by atoms with Gasteiger partial charge in [-0.15, -0.1) is 0 Å². The number of nitrogens with one attached hydrogen (secondary N) is 1. The second-order valence-corrected chi connectivity index (χ2v) is 6.54. The molecule has 3 rings (SSSR count). The van der Waals surface area contributed by atoms with E-state index in [1.165, 1.54) is 0 Å². The summed E-state index contributed by atoms with van der Waals surface area (Å²) in [6.07, 6.45) is 3.29. The Kier molecular flexibility index (Phi) is 6.57. The lowest BCUT2D eigenvalue weighted by Gasteiger charge is -2.10. The molecule has 0 bridgehead atoms. The molecule has 1 amide bonds. The van der Waals surface area contributed by atoms with Gasteiger partial charge in [-0.25, -0.2) is 0 Å². The van der Waals surface area contributed by atoms with Crippen LogP contribution < -0.4 is 14.8 Å². The number of methoxy groups -OCH3 is 3. The van der Waals surface area contributed by atoms with E-state index in [1.54, 1.807) is 33.7 Å². The van der Waals surface area contributed by atoms with E-state index in [-0.39, 0.29) is 5.91 Å². The molecule has 0 radical (unpaired) electrons. The number of amides is 1. The van der Waals surface area contributed by atoms with Crippen molar-refractivity contribution in [3.63, 3.8) is 0 Å². The van der Waals surface area contributed by atoms with Crippen molar-refractivity contribution in [2.75, 3.05) is 34.5 Å². The van der Waals surface area contributed by atoms with Crippen molar-refractivity contribution < 1.29 is 23.4 Å². The molecule has 0 spiro atoms. The molecule has 0 aliphatic carbocycles. The van der Waals surface area contributed by atoms with Gasteiger partial charge in [0.2, 0.25) is 5.91 Å². The molecule has 0 saturated carbocycles. The average molecular weight is 395 g/mol. The second kappa shape index (κ2) is 9.30. The maximum atomic E-state index is 12.1. The quantitative estimate of drug-likeness (QED) is 0.455. The fraction of sp³-hybridized carbons (Fsp3) is 0.261. The number of hydrogen-bond acceptors (Lipinski definition) is 5. The lowest BCUT2D eigenvalue weighted by Crippen LogP contribution is -2.25. The van der Waals surface area contributed by atoms with Gasteiger partial charge >= 0.3 is 0 Å². The number of rotatable bonds is 8. The predicted octanol–water partition coefficient (Wildman–Crippen LogP) is 4.28. The molecule has 0 unspecified atom stereocenters. The molecule has 0 fully saturated rings. The van der Waals surface area contributed by atoms with Crippen LogP contribution in [0.2, 0.25) is 0 Å². The number of fused-ring (bicyclic) bond motifs is 1. The molecule has 0 aliphatic rings. The number of carbonyl (C=O) groups is 1. The molecule has 0 atom stereocenters. The Balaban J connectivity index is 1.99. The summed E-state index contributed by atoms with van der Waals surface area (Å²) in [7, 11) is 4.84. The van der Waals surface area contributed by atoms with E-state index in [9.17, 15) is 4.79 Å². The highest BCUT2D eigenvalue weighted by atomic mass is 16.5.